The zero-order valence-electron chi connectivity index (χ0n) is 14.3. The first-order valence-corrected chi connectivity index (χ1v) is 7.94. The van der Waals surface area contributed by atoms with Crippen LogP contribution in [0.25, 0.3) is 0 Å². The fourth-order valence-corrected chi connectivity index (χ4v) is 2.28. The molecule has 2 rings (SSSR count). The van der Waals surface area contributed by atoms with Gasteiger partial charge in [0.05, 0.1) is 18.8 Å². The van der Waals surface area contributed by atoms with Crippen molar-refractivity contribution < 1.29 is 27.4 Å². The summed E-state index contributed by atoms with van der Waals surface area (Å²) in [5.41, 5.74) is 4.16. The van der Waals surface area contributed by atoms with E-state index in [1.54, 1.807) is 13.0 Å². The lowest BCUT2D eigenvalue weighted by atomic mass is 10.1. The van der Waals surface area contributed by atoms with Crippen LogP contribution < -0.4 is 20.5 Å². The Morgan fingerprint density at radius 2 is 1.69 bits per heavy atom. The van der Waals surface area contributed by atoms with Gasteiger partial charge in [0.1, 0.15) is 0 Å². The summed E-state index contributed by atoms with van der Waals surface area (Å²) in [6.07, 6.45) is -4.61. The van der Waals surface area contributed by atoms with Gasteiger partial charge >= 0.3 is 6.18 Å². The molecule has 0 aliphatic carbocycles. The van der Waals surface area contributed by atoms with Gasteiger partial charge in [-0.05, 0) is 50.2 Å². The molecular weight excluding hydrogens is 349 g/mol. The number of ether oxygens (including phenoxy) is 2. The molecule has 0 unspecified atom stereocenters. The Bertz CT molecular complexity index is 792. The molecule has 0 aromatic heterocycles. The number of carbonyl (C=O) groups excluding carboxylic acids is 1. The van der Waals surface area contributed by atoms with Crippen molar-refractivity contribution in [1.29, 1.82) is 0 Å². The van der Waals surface area contributed by atoms with Crippen LogP contribution in [0.5, 0.6) is 11.5 Å². The molecule has 0 atom stereocenters. The molecule has 2 aromatic carbocycles. The van der Waals surface area contributed by atoms with Crippen LogP contribution in [0.4, 0.5) is 24.5 Å². The molecule has 140 valence electrons. The quantitative estimate of drug-likeness (QED) is 0.744. The van der Waals surface area contributed by atoms with Crippen LogP contribution in [0.3, 0.4) is 0 Å². The summed E-state index contributed by atoms with van der Waals surface area (Å²) in [4.78, 5) is 12.4. The molecule has 0 heterocycles. The predicted octanol–water partition coefficient (Wildman–Crippen LogP) is 4.34. The molecule has 0 aliphatic rings. The number of nitrogen functional groups attached to an aromatic ring is 1. The fourth-order valence-electron chi connectivity index (χ4n) is 2.28. The summed E-state index contributed by atoms with van der Waals surface area (Å²) < 4.78 is 49.6. The molecule has 8 heteroatoms. The number of halogens is 3. The maximum atomic E-state index is 12.9. The van der Waals surface area contributed by atoms with E-state index in [1.165, 1.54) is 18.2 Å². The molecule has 0 bridgehead atoms. The number of carbonyl (C=O) groups is 1. The number of nitrogens with two attached hydrogens (primary N) is 1. The van der Waals surface area contributed by atoms with E-state index in [-0.39, 0.29) is 11.3 Å². The second-order valence-electron chi connectivity index (χ2n) is 5.28. The van der Waals surface area contributed by atoms with Crippen molar-refractivity contribution in [3.8, 4) is 11.5 Å². The largest absolute Gasteiger partial charge is 0.490 e. The van der Waals surface area contributed by atoms with E-state index in [0.29, 0.717) is 24.7 Å². The van der Waals surface area contributed by atoms with Gasteiger partial charge in [0.15, 0.2) is 11.5 Å². The number of alkyl halides is 3. The Labute approximate surface area is 148 Å². The Balaban J connectivity index is 2.26. The number of hydrogen-bond donors (Lipinski definition) is 2. The van der Waals surface area contributed by atoms with Gasteiger partial charge in [0.25, 0.3) is 5.91 Å². The maximum Gasteiger partial charge on any atom is 0.418 e. The van der Waals surface area contributed by atoms with Crippen LogP contribution in [0.15, 0.2) is 36.4 Å². The molecule has 0 saturated carbocycles. The second-order valence-corrected chi connectivity index (χ2v) is 5.28. The zero-order chi connectivity index (χ0) is 19.3. The third-order valence-corrected chi connectivity index (χ3v) is 3.42. The lowest BCUT2D eigenvalue weighted by molar-refractivity contribution is -0.136. The number of rotatable bonds is 6. The molecule has 0 spiro atoms. The first-order valence-electron chi connectivity index (χ1n) is 7.94. The smallest absolute Gasteiger partial charge is 0.418 e. The summed E-state index contributed by atoms with van der Waals surface area (Å²) in [6, 6.07) is 7.76. The average Bonchev–Trinajstić information content (AvgIpc) is 2.57. The Hall–Kier alpha value is -2.90. The molecule has 0 radical (unpaired) electrons. The number of benzene rings is 2. The minimum absolute atomic E-state index is 0.0108. The maximum absolute atomic E-state index is 12.9. The molecule has 0 fully saturated rings. The van der Waals surface area contributed by atoms with Crippen molar-refractivity contribution in [2.24, 2.45) is 0 Å². The van der Waals surface area contributed by atoms with E-state index in [2.05, 4.69) is 5.32 Å². The van der Waals surface area contributed by atoms with E-state index in [4.69, 9.17) is 15.2 Å². The lowest BCUT2D eigenvalue weighted by Gasteiger charge is -2.14. The summed E-state index contributed by atoms with van der Waals surface area (Å²) in [6.45, 7) is 4.40. The lowest BCUT2D eigenvalue weighted by Crippen LogP contribution is -2.14. The zero-order valence-corrected chi connectivity index (χ0v) is 14.3. The standard InChI is InChI=1S/C18H19F3N2O3/c1-3-25-15-8-5-11(9-16(15)26-4-2)17(24)23-12-6-7-14(22)13(10-12)18(19,20)21/h5-10H,3-4,22H2,1-2H3,(H,23,24). The van der Waals surface area contributed by atoms with Gasteiger partial charge in [0, 0.05) is 16.9 Å². The highest BCUT2D eigenvalue weighted by molar-refractivity contribution is 6.04. The number of nitrogens with one attached hydrogen (secondary N) is 1. The molecular formula is C18H19F3N2O3. The van der Waals surface area contributed by atoms with E-state index >= 15 is 0 Å². The number of amides is 1. The van der Waals surface area contributed by atoms with Crippen LogP contribution in [0, 0.1) is 0 Å². The van der Waals surface area contributed by atoms with Gasteiger partial charge in [-0.1, -0.05) is 0 Å². The molecule has 0 saturated heterocycles. The Kier molecular flexibility index (Phi) is 5.97. The van der Waals surface area contributed by atoms with Crippen LogP contribution >= 0.6 is 0 Å². The van der Waals surface area contributed by atoms with Crippen LogP contribution in [0.2, 0.25) is 0 Å². The van der Waals surface area contributed by atoms with Crippen molar-refractivity contribution >= 4 is 17.3 Å². The normalized spacial score (nSPS) is 11.1. The van der Waals surface area contributed by atoms with E-state index in [0.717, 1.165) is 12.1 Å². The second kappa shape index (κ2) is 7.99. The molecule has 26 heavy (non-hydrogen) atoms. The van der Waals surface area contributed by atoms with Gasteiger partial charge < -0.3 is 20.5 Å². The third-order valence-electron chi connectivity index (χ3n) is 3.42. The predicted molar refractivity (Wildman–Crippen MR) is 92.6 cm³/mol. The Morgan fingerprint density at radius 3 is 2.31 bits per heavy atom. The summed E-state index contributed by atoms with van der Waals surface area (Å²) in [7, 11) is 0. The topological polar surface area (TPSA) is 73.6 Å². The molecule has 0 aliphatic heterocycles. The molecule has 2 aromatic rings. The summed E-state index contributed by atoms with van der Waals surface area (Å²) in [5, 5.41) is 2.43. The van der Waals surface area contributed by atoms with Crippen LogP contribution in [-0.4, -0.2) is 19.1 Å². The number of anilines is 2. The Morgan fingerprint density at radius 1 is 1.04 bits per heavy atom. The first kappa shape index (κ1) is 19.4. The van der Waals surface area contributed by atoms with E-state index in [9.17, 15) is 18.0 Å². The fraction of sp³-hybridized carbons (Fsp3) is 0.278. The van der Waals surface area contributed by atoms with Gasteiger partial charge in [-0.15, -0.1) is 0 Å². The van der Waals surface area contributed by atoms with Gasteiger partial charge in [-0.25, -0.2) is 0 Å². The number of hydrogen-bond acceptors (Lipinski definition) is 4. The van der Waals surface area contributed by atoms with Crippen LogP contribution in [-0.2, 0) is 6.18 Å². The van der Waals surface area contributed by atoms with Crippen molar-refractivity contribution in [3.63, 3.8) is 0 Å². The summed E-state index contributed by atoms with van der Waals surface area (Å²) >= 11 is 0. The molecule has 3 N–H and O–H groups in total. The highest BCUT2D eigenvalue weighted by Gasteiger charge is 2.33. The van der Waals surface area contributed by atoms with Crippen molar-refractivity contribution in [3.05, 3.63) is 47.5 Å². The van der Waals surface area contributed by atoms with Crippen molar-refractivity contribution in [2.75, 3.05) is 24.3 Å². The van der Waals surface area contributed by atoms with Gasteiger partial charge in [0.2, 0.25) is 0 Å². The van der Waals surface area contributed by atoms with Crippen molar-refractivity contribution in [1.82, 2.24) is 0 Å². The highest BCUT2D eigenvalue weighted by Crippen LogP contribution is 2.35. The summed E-state index contributed by atoms with van der Waals surface area (Å²) in [5.74, 6) is 0.292. The van der Waals surface area contributed by atoms with Crippen molar-refractivity contribution in [2.45, 2.75) is 20.0 Å². The third kappa shape index (κ3) is 4.59. The monoisotopic (exact) mass is 368 g/mol. The van der Waals surface area contributed by atoms with Gasteiger partial charge in [-0.3, -0.25) is 4.79 Å². The SMILES string of the molecule is CCOc1ccc(C(=O)Nc2ccc(N)c(C(F)(F)F)c2)cc1OCC. The van der Waals surface area contributed by atoms with E-state index in [1.807, 2.05) is 6.92 Å². The highest BCUT2D eigenvalue weighted by atomic mass is 19.4. The minimum Gasteiger partial charge on any atom is -0.490 e. The minimum atomic E-state index is -4.61. The molecule has 1 amide bonds. The first-order chi connectivity index (χ1) is 12.3. The van der Waals surface area contributed by atoms with Crippen LogP contribution in [0.1, 0.15) is 29.8 Å². The average molecular weight is 368 g/mol. The van der Waals surface area contributed by atoms with E-state index < -0.39 is 23.3 Å². The molecule has 5 nitrogen and oxygen atoms in total. The van der Waals surface area contributed by atoms with Gasteiger partial charge in [-0.2, -0.15) is 13.2 Å².